The molecule has 5 heteroatoms. The third kappa shape index (κ3) is 2.47. The highest BCUT2D eigenvalue weighted by Gasteiger charge is 2.13. The molecular formula is C15H16N4O. The second-order valence-corrected chi connectivity index (χ2v) is 4.83. The molecule has 0 aliphatic heterocycles. The molecule has 1 aliphatic carbocycles. The van der Waals surface area contributed by atoms with Crippen molar-refractivity contribution in [2.24, 2.45) is 0 Å². The van der Waals surface area contributed by atoms with Crippen molar-refractivity contribution in [3.8, 4) is 0 Å². The Bertz CT molecular complexity index is 637. The summed E-state index contributed by atoms with van der Waals surface area (Å²) in [7, 11) is 1.76. The average Bonchev–Trinajstić information content (AvgIpc) is 2.95. The van der Waals surface area contributed by atoms with Crippen LogP contribution in [0.15, 0.2) is 30.6 Å². The van der Waals surface area contributed by atoms with Crippen molar-refractivity contribution < 1.29 is 4.79 Å². The number of carbonyl (C=O) groups is 1. The number of hydrogen-bond donors (Lipinski definition) is 2. The normalized spacial score (nSPS) is 12.8. The molecule has 102 valence electrons. The first-order chi connectivity index (χ1) is 9.76. The molecule has 0 atom stereocenters. The van der Waals surface area contributed by atoms with Crippen LogP contribution in [-0.4, -0.2) is 22.9 Å². The summed E-state index contributed by atoms with van der Waals surface area (Å²) in [6.45, 7) is 0. The number of benzene rings is 1. The van der Waals surface area contributed by atoms with Gasteiger partial charge in [-0.15, -0.1) is 0 Å². The summed E-state index contributed by atoms with van der Waals surface area (Å²) in [6, 6.07) is 6.08. The molecule has 0 unspecified atom stereocenters. The van der Waals surface area contributed by atoms with Crippen LogP contribution in [0, 0.1) is 0 Å². The van der Waals surface area contributed by atoms with Gasteiger partial charge in [-0.2, -0.15) is 0 Å². The van der Waals surface area contributed by atoms with Crippen molar-refractivity contribution in [1.82, 2.24) is 9.97 Å². The summed E-state index contributed by atoms with van der Waals surface area (Å²) in [4.78, 5) is 20.2. The van der Waals surface area contributed by atoms with Crippen LogP contribution in [0.5, 0.6) is 0 Å². The number of nitrogens with one attached hydrogen (secondary N) is 2. The highest BCUT2D eigenvalue weighted by molar-refractivity contribution is 6.02. The van der Waals surface area contributed by atoms with Gasteiger partial charge in [0.2, 0.25) is 0 Å². The summed E-state index contributed by atoms with van der Waals surface area (Å²) in [5, 5.41) is 5.73. The number of fused-ring (bicyclic) bond motifs is 1. The number of hydrogen-bond acceptors (Lipinski definition) is 4. The third-order valence-electron chi connectivity index (χ3n) is 3.50. The molecule has 1 aromatic carbocycles. The van der Waals surface area contributed by atoms with Crippen LogP contribution in [0.3, 0.4) is 0 Å². The first kappa shape index (κ1) is 12.6. The van der Waals surface area contributed by atoms with Crippen LogP contribution in [0.1, 0.15) is 28.0 Å². The van der Waals surface area contributed by atoms with Crippen molar-refractivity contribution in [1.29, 1.82) is 0 Å². The van der Waals surface area contributed by atoms with E-state index in [2.05, 4.69) is 32.7 Å². The highest BCUT2D eigenvalue weighted by atomic mass is 16.1. The minimum Gasteiger partial charge on any atom is -0.372 e. The highest BCUT2D eigenvalue weighted by Crippen LogP contribution is 2.25. The monoisotopic (exact) mass is 268 g/mol. The van der Waals surface area contributed by atoms with Crippen LogP contribution in [0.4, 0.5) is 11.5 Å². The van der Waals surface area contributed by atoms with Gasteiger partial charge in [0.15, 0.2) is 0 Å². The van der Waals surface area contributed by atoms with Gasteiger partial charge in [0.05, 0.1) is 12.4 Å². The second kappa shape index (κ2) is 5.28. The predicted octanol–water partition coefficient (Wildman–Crippen LogP) is 2.26. The molecule has 20 heavy (non-hydrogen) atoms. The van der Waals surface area contributed by atoms with Crippen LogP contribution in [0.2, 0.25) is 0 Å². The summed E-state index contributed by atoms with van der Waals surface area (Å²) in [5.41, 5.74) is 3.85. The Balaban J connectivity index is 1.75. The maximum absolute atomic E-state index is 12.1. The molecule has 0 saturated carbocycles. The number of aromatic nitrogens is 2. The molecule has 5 nitrogen and oxygen atoms in total. The second-order valence-electron chi connectivity index (χ2n) is 4.83. The lowest BCUT2D eigenvalue weighted by molar-refractivity contribution is 0.102. The lowest BCUT2D eigenvalue weighted by Crippen LogP contribution is -2.14. The van der Waals surface area contributed by atoms with Gasteiger partial charge in [-0.25, -0.2) is 9.97 Å². The topological polar surface area (TPSA) is 66.9 Å². The molecule has 2 N–H and O–H groups in total. The third-order valence-corrected chi connectivity index (χ3v) is 3.50. The standard InChI is InChI=1S/C15H16N4O/c1-16-14-9-17-13(8-18-14)15(20)19-12-6-5-10-3-2-4-11(10)7-12/h5-9H,2-4H2,1H3,(H,16,18)(H,19,20). The Morgan fingerprint density at radius 1 is 1.15 bits per heavy atom. The van der Waals surface area contributed by atoms with Gasteiger partial charge in [0.25, 0.3) is 5.91 Å². The molecule has 2 aromatic rings. The molecule has 1 aliphatic rings. The van der Waals surface area contributed by atoms with Gasteiger partial charge in [0, 0.05) is 12.7 Å². The minimum atomic E-state index is -0.238. The zero-order valence-corrected chi connectivity index (χ0v) is 11.3. The molecule has 1 aromatic heterocycles. The van der Waals surface area contributed by atoms with E-state index in [-0.39, 0.29) is 5.91 Å². The fourth-order valence-corrected chi connectivity index (χ4v) is 2.42. The average molecular weight is 268 g/mol. The molecular weight excluding hydrogens is 252 g/mol. The van der Waals surface area contributed by atoms with Crippen molar-refractivity contribution in [3.63, 3.8) is 0 Å². The van der Waals surface area contributed by atoms with Gasteiger partial charge >= 0.3 is 0 Å². The Labute approximate surface area is 117 Å². The summed E-state index contributed by atoms with van der Waals surface area (Å²) in [6.07, 6.45) is 6.44. The van der Waals surface area contributed by atoms with Crippen molar-refractivity contribution in [2.45, 2.75) is 19.3 Å². The lowest BCUT2D eigenvalue weighted by atomic mass is 10.1. The van der Waals surface area contributed by atoms with Gasteiger partial charge in [-0.3, -0.25) is 4.79 Å². The lowest BCUT2D eigenvalue weighted by Gasteiger charge is -2.07. The first-order valence-electron chi connectivity index (χ1n) is 6.69. The van der Waals surface area contributed by atoms with Crippen LogP contribution in [0.25, 0.3) is 0 Å². The molecule has 0 radical (unpaired) electrons. The number of rotatable bonds is 3. The molecule has 0 fully saturated rings. The summed E-state index contributed by atoms with van der Waals surface area (Å²) >= 11 is 0. The SMILES string of the molecule is CNc1cnc(C(=O)Nc2ccc3c(c2)CCC3)cn1. The van der Waals surface area contributed by atoms with Gasteiger partial charge in [0.1, 0.15) is 11.5 Å². The van der Waals surface area contributed by atoms with Crippen LogP contribution >= 0.6 is 0 Å². The molecule has 3 rings (SSSR count). The van der Waals surface area contributed by atoms with Crippen molar-refractivity contribution in [3.05, 3.63) is 47.4 Å². The van der Waals surface area contributed by atoms with E-state index >= 15 is 0 Å². The zero-order valence-electron chi connectivity index (χ0n) is 11.3. The van der Waals surface area contributed by atoms with E-state index in [0.29, 0.717) is 11.5 Å². The largest absolute Gasteiger partial charge is 0.372 e. The van der Waals surface area contributed by atoms with Crippen molar-refractivity contribution in [2.75, 3.05) is 17.7 Å². The van der Waals surface area contributed by atoms with E-state index in [9.17, 15) is 4.79 Å². The zero-order chi connectivity index (χ0) is 13.9. The van der Waals surface area contributed by atoms with E-state index in [1.54, 1.807) is 7.05 Å². The number of anilines is 2. The molecule has 0 saturated heterocycles. The van der Waals surface area contributed by atoms with Gasteiger partial charge < -0.3 is 10.6 Å². The van der Waals surface area contributed by atoms with E-state index < -0.39 is 0 Å². The fraction of sp³-hybridized carbons (Fsp3) is 0.267. The Kier molecular flexibility index (Phi) is 3.33. The van der Waals surface area contributed by atoms with E-state index in [4.69, 9.17) is 0 Å². The smallest absolute Gasteiger partial charge is 0.275 e. The van der Waals surface area contributed by atoms with E-state index in [1.165, 1.54) is 29.9 Å². The van der Waals surface area contributed by atoms with Crippen LogP contribution in [-0.2, 0) is 12.8 Å². The molecule has 0 spiro atoms. The fourth-order valence-electron chi connectivity index (χ4n) is 2.42. The summed E-state index contributed by atoms with van der Waals surface area (Å²) < 4.78 is 0. The van der Waals surface area contributed by atoms with Crippen molar-refractivity contribution >= 4 is 17.4 Å². The molecule has 1 heterocycles. The number of aryl methyl sites for hydroxylation is 2. The van der Waals surface area contributed by atoms with E-state index in [0.717, 1.165) is 18.5 Å². The van der Waals surface area contributed by atoms with Crippen LogP contribution < -0.4 is 10.6 Å². The number of nitrogens with zero attached hydrogens (tertiary/aromatic N) is 2. The summed E-state index contributed by atoms with van der Waals surface area (Å²) in [5.74, 6) is 0.400. The maximum atomic E-state index is 12.1. The Hall–Kier alpha value is -2.43. The first-order valence-corrected chi connectivity index (χ1v) is 6.69. The quantitative estimate of drug-likeness (QED) is 0.896. The van der Waals surface area contributed by atoms with Gasteiger partial charge in [-0.05, 0) is 42.5 Å². The Morgan fingerprint density at radius 2 is 2.00 bits per heavy atom. The van der Waals surface area contributed by atoms with E-state index in [1.807, 2.05) is 6.07 Å². The van der Waals surface area contributed by atoms with Gasteiger partial charge in [-0.1, -0.05) is 6.07 Å². The number of amides is 1. The maximum Gasteiger partial charge on any atom is 0.275 e. The molecule has 1 amide bonds. The number of carbonyl (C=O) groups excluding carboxylic acids is 1. The Morgan fingerprint density at radius 3 is 2.75 bits per heavy atom. The minimum absolute atomic E-state index is 0.238. The molecule has 0 bridgehead atoms. The predicted molar refractivity (Wildman–Crippen MR) is 78.0 cm³/mol.